The third-order valence-corrected chi connectivity index (χ3v) is 4.69. The zero-order chi connectivity index (χ0) is 13.8. The standard InChI is InChI=1S/C15H22Cl2N2/c1-11(2)19-7-6-12(10-19)8-18-9-13-4-3-5-14(16)15(13)17/h3-5,11-12,18H,6-10H2,1-2H3. The number of nitrogens with zero attached hydrogens (tertiary/aromatic N) is 1. The lowest BCUT2D eigenvalue weighted by Crippen LogP contribution is -2.30. The SMILES string of the molecule is CC(C)N1CCC(CNCc2cccc(Cl)c2Cl)C1. The van der Waals surface area contributed by atoms with Gasteiger partial charge in [-0.15, -0.1) is 0 Å². The highest BCUT2D eigenvalue weighted by Gasteiger charge is 2.23. The van der Waals surface area contributed by atoms with E-state index in [9.17, 15) is 0 Å². The minimum absolute atomic E-state index is 0.632. The lowest BCUT2D eigenvalue weighted by Gasteiger charge is -2.20. The Labute approximate surface area is 126 Å². The normalized spacial score (nSPS) is 20.4. The van der Waals surface area contributed by atoms with Gasteiger partial charge in [-0.05, 0) is 50.9 Å². The first-order valence-electron chi connectivity index (χ1n) is 6.95. The van der Waals surface area contributed by atoms with Crippen LogP contribution < -0.4 is 5.32 Å². The molecule has 1 aromatic carbocycles. The van der Waals surface area contributed by atoms with Gasteiger partial charge < -0.3 is 10.2 Å². The second-order valence-electron chi connectivity index (χ2n) is 5.59. The van der Waals surface area contributed by atoms with Crippen LogP contribution >= 0.6 is 23.2 Å². The summed E-state index contributed by atoms with van der Waals surface area (Å²) in [5, 5.41) is 4.81. The van der Waals surface area contributed by atoms with Crippen LogP contribution in [0.3, 0.4) is 0 Å². The summed E-state index contributed by atoms with van der Waals surface area (Å²) in [7, 11) is 0. The Hall–Kier alpha value is -0.280. The molecule has 2 nitrogen and oxygen atoms in total. The zero-order valence-corrected chi connectivity index (χ0v) is 13.1. The van der Waals surface area contributed by atoms with Crippen molar-refractivity contribution in [1.29, 1.82) is 0 Å². The Kier molecular flexibility index (Phi) is 5.52. The van der Waals surface area contributed by atoms with E-state index in [1.807, 2.05) is 18.2 Å². The molecule has 0 radical (unpaired) electrons. The molecule has 0 amide bonds. The fourth-order valence-corrected chi connectivity index (χ4v) is 2.98. The van der Waals surface area contributed by atoms with Crippen molar-refractivity contribution in [2.45, 2.75) is 32.9 Å². The van der Waals surface area contributed by atoms with Crippen LogP contribution in [0.2, 0.25) is 10.0 Å². The molecule has 0 spiro atoms. The summed E-state index contributed by atoms with van der Waals surface area (Å²) < 4.78 is 0. The van der Waals surface area contributed by atoms with Gasteiger partial charge in [0.1, 0.15) is 0 Å². The van der Waals surface area contributed by atoms with E-state index in [4.69, 9.17) is 23.2 Å². The number of halogens is 2. The van der Waals surface area contributed by atoms with Crippen LogP contribution in [0.1, 0.15) is 25.8 Å². The van der Waals surface area contributed by atoms with Crippen molar-refractivity contribution in [3.63, 3.8) is 0 Å². The van der Waals surface area contributed by atoms with Gasteiger partial charge in [-0.3, -0.25) is 0 Å². The first-order valence-corrected chi connectivity index (χ1v) is 7.71. The third kappa shape index (κ3) is 4.09. The smallest absolute Gasteiger partial charge is 0.0637 e. The molecule has 19 heavy (non-hydrogen) atoms. The Morgan fingerprint density at radius 1 is 1.37 bits per heavy atom. The van der Waals surface area contributed by atoms with E-state index in [0.717, 1.165) is 24.6 Å². The molecule has 1 aliphatic heterocycles. The van der Waals surface area contributed by atoms with Gasteiger partial charge in [0.2, 0.25) is 0 Å². The Balaban J connectivity index is 1.77. The number of hydrogen-bond acceptors (Lipinski definition) is 2. The van der Waals surface area contributed by atoms with Crippen LogP contribution in [-0.2, 0) is 6.54 Å². The van der Waals surface area contributed by atoms with Crippen molar-refractivity contribution in [3.8, 4) is 0 Å². The van der Waals surface area contributed by atoms with Gasteiger partial charge in [-0.2, -0.15) is 0 Å². The molecule has 0 aliphatic carbocycles. The molecular weight excluding hydrogens is 279 g/mol. The summed E-state index contributed by atoms with van der Waals surface area (Å²) in [5.41, 5.74) is 1.08. The summed E-state index contributed by atoms with van der Waals surface area (Å²) in [6.45, 7) is 8.79. The van der Waals surface area contributed by atoms with E-state index in [1.165, 1.54) is 19.5 Å². The molecule has 1 aromatic rings. The van der Waals surface area contributed by atoms with E-state index < -0.39 is 0 Å². The van der Waals surface area contributed by atoms with Gasteiger partial charge >= 0.3 is 0 Å². The van der Waals surface area contributed by atoms with E-state index in [1.54, 1.807) is 0 Å². The molecule has 0 saturated carbocycles. The van der Waals surface area contributed by atoms with E-state index in [2.05, 4.69) is 24.1 Å². The predicted molar refractivity (Wildman–Crippen MR) is 83.0 cm³/mol. The molecule has 1 atom stereocenters. The van der Waals surface area contributed by atoms with E-state index >= 15 is 0 Å². The molecule has 106 valence electrons. The number of likely N-dealkylation sites (tertiary alicyclic amines) is 1. The molecule has 0 bridgehead atoms. The number of nitrogens with one attached hydrogen (secondary N) is 1. The maximum Gasteiger partial charge on any atom is 0.0637 e. The van der Waals surface area contributed by atoms with Crippen molar-refractivity contribution in [2.24, 2.45) is 5.92 Å². The fraction of sp³-hybridized carbons (Fsp3) is 0.600. The molecule has 1 saturated heterocycles. The first kappa shape index (κ1) is 15.1. The van der Waals surface area contributed by atoms with Crippen LogP contribution in [0.4, 0.5) is 0 Å². The van der Waals surface area contributed by atoms with Gasteiger partial charge in [-0.25, -0.2) is 0 Å². The molecular formula is C15H22Cl2N2. The van der Waals surface area contributed by atoms with Crippen LogP contribution in [0, 0.1) is 5.92 Å². The Morgan fingerprint density at radius 3 is 2.84 bits per heavy atom. The molecule has 1 fully saturated rings. The quantitative estimate of drug-likeness (QED) is 0.889. The molecule has 1 N–H and O–H groups in total. The van der Waals surface area contributed by atoms with Gasteiger partial charge in [-0.1, -0.05) is 35.3 Å². The Morgan fingerprint density at radius 2 is 2.16 bits per heavy atom. The maximum atomic E-state index is 6.17. The molecule has 1 unspecified atom stereocenters. The van der Waals surface area contributed by atoms with Crippen LogP contribution in [0.15, 0.2) is 18.2 Å². The summed E-state index contributed by atoms with van der Waals surface area (Å²) >= 11 is 12.2. The molecule has 2 rings (SSSR count). The largest absolute Gasteiger partial charge is 0.312 e. The van der Waals surface area contributed by atoms with Crippen molar-refractivity contribution in [3.05, 3.63) is 33.8 Å². The van der Waals surface area contributed by atoms with Gasteiger partial charge in [0.05, 0.1) is 10.0 Å². The minimum atomic E-state index is 0.632. The van der Waals surface area contributed by atoms with Crippen molar-refractivity contribution >= 4 is 23.2 Å². The molecule has 1 aliphatic rings. The van der Waals surface area contributed by atoms with Crippen LogP contribution in [0.25, 0.3) is 0 Å². The zero-order valence-electron chi connectivity index (χ0n) is 11.6. The van der Waals surface area contributed by atoms with E-state index in [0.29, 0.717) is 16.1 Å². The highest BCUT2D eigenvalue weighted by Crippen LogP contribution is 2.25. The topological polar surface area (TPSA) is 15.3 Å². The number of hydrogen-bond donors (Lipinski definition) is 1. The maximum absolute atomic E-state index is 6.17. The van der Waals surface area contributed by atoms with Crippen LogP contribution in [-0.4, -0.2) is 30.6 Å². The average molecular weight is 301 g/mol. The fourth-order valence-electron chi connectivity index (χ4n) is 2.59. The van der Waals surface area contributed by atoms with Crippen LogP contribution in [0.5, 0.6) is 0 Å². The minimum Gasteiger partial charge on any atom is -0.312 e. The van der Waals surface area contributed by atoms with Gasteiger partial charge in [0, 0.05) is 19.1 Å². The average Bonchev–Trinajstić information content (AvgIpc) is 2.83. The number of rotatable bonds is 5. The third-order valence-electron chi connectivity index (χ3n) is 3.83. The predicted octanol–water partition coefficient (Wildman–Crippen LogP) is 3.81. The summed E-state index contributed by atoms with van der Waals surface area (Å²) in [4.78, 5) is 2.54. The van der Waals surface area contributed by atoms with Crippen molar-refractivity contribution < 1.29 is 0 Å². The van der Waals surface area contributed by atoms with Crippen molar-refractivity contribution in [1.82, 2.24) is 10.2 Å². The second kappa shape index (κ2) is 6.94. The Bertz CT molecular complexity index is 421. The van der Waals surface area contributed by atoms with Gasteiger partial charge in [0.25, 0.3) is 0 Å². The highest BCUT2D eigenvalue weighted by molar-refractivity contribution is 6.42. The number of benzene rings is 1. The first-order chi connectivity index (χ1) is 9.08. The summed E-state index contributed by atoms with van der Waals surface area (Å²) in [6.07, 6.45) is 1.29. The second-order valence-corrected chi connectivity index (χ2v) is 6.37. The van der Waals surface area contributed by atoms with Gasteiger partial charge in [0.15, 0.2) is 0 Å². The molecule has 1 heterocycles. The monoisotopic (exact) mass is 300 g/mol. The molecule has 4 heteroatoms. The lowest BCUT2D eigenvalue weighted by molar-refractivity contribution is 0.264. The van der Waals surface area contributed by atoms with E-state index in [-0.39, 0.29) is 0 Å². The highest BCUT2D eigenvalue weighted by atomic mass is 35.5. The van der Waals surface area contributed by atoms with Crippen molar-refractivity contribution in [2.75, 3.05) is 19.6 Å². The summed E-state index contributed by atoms with van der Waals surface area (Å²) in [5.74, 6) is 0.750. The summed E-state index contributed by atoms with van der Waals surface area (Å²) in [6, 6.07) is 6.45. The molecule has 0 aromatic heterocycles. The lowest BCUT2D eigenvalue weighted by atomic mass is 10.1.